The highest BCUT2D eigenvalue weighted by atomic mass is 16.4. The molecule has 4 saturated carbocycles. The van der Waals surface area contributed by atoms with Gasteiger partial charge in [0.15, 0.2) is 0 Å². The van der Waals surface area contributed by atoms with Crippen LogP contribution >= 0.6 is 0 Å². The number of fused-ring (bicyclic) bond motifs is 7. The summed E-state index contributed by atoms with van der Waals surface area (Å²) in [4.78, 5) is 25.0. The van der Waals surface area contributed by atoms with Gasteiger partial charge in [-0.05, 0) is 85.4 Å². The zero-order valence-corrected chi connectivity index (χ0v) is 19.4. The fourth-order valence-corrected chi connectivity index (χ4v) is 9.86. The smallest absolute Gasteiger partial charge is 0.310 e. The lowest BCUT2D eigenvalue weighted by atomic mass is 9.38. The van der Waals surface area contributed by atoms with Gasteiger partial charge in [0.1, 0.15) is 5.78 Å². The van der Waals surface area contributed by atoms with Crippen LogP contribution < -0.4 is 0 Å². The van der Waals surface area contributed by atoms with Crippen molar-refractivity contribution >= 4 is 11.8 Å². The van der Waals surface area contributed by atoms with Crippen molar-refractivity contribution in [1.82, 2.24) is 0 Å². The van der Waals surface area contributed by atoms with Crippen molar-refractivity contribution in [2.45, 2.75) is 91.9 Å². The third-order valence-corrected chi connectivity index (χ3v) is 11.4. The topological polar surface area (TPSA) is 54.4 Å². The van der Waals surface area contributed by atoms with E-state index in [1.807, 2.05) is 0 Å². The molecule has 5 rings (SSSR count). The summed E-state index contributed by atoms with van der Waals surface area (Å²) < 4.78 is 0. The summed E-state index contributed by atoms with van der Waals surface area (Å²) in [5.41, 5.74) is 1.52. The number of carboxylic acids is 1. The van der Waals surface area contributed by atoms with Gasteiger partial charge in [0.05, 0.1) is 5.41 Å². The predicted octanol–water partition coefficient (Wildman–Crippen LogP) is 6.27. The molecule has 3 heteroatoms. The van der Waals surface area contributed by atoms with Gasteiger partial charge in [0.25, 0.3) is 0 Å². The summed E-state index contributed by atoms with van der Waals surface area (Å²) in [5.74, 6) is 2.56. The Morgan fingerprint density at radius 1 is 1.03 bits per heavy atom. The number of aliphatic carboxylic acids is 1. The molecule has 0 radical (unpaired) electrons. The molecule has 3 nitrogen and oxygen atoms in total. The molecule has 1 N–H and O–H groups in total. The molecule has 0 saturated heterocycles. The van der Waals surface area contributed by atoms with Crippen LogP contribution in [0.1, 0.15) is 91.9 Å². The van der Waals surface area contributed by atoms with E-state index < -0.39 is 11.4 Å². The maximum absolute atomic E-state index is 12.5. The van der Waals surface area contributed by atoms with Crippen molar-refractivity contribution in [2.24, 2.45) is 51.8 Å². The minimum atomic E-state index is -0.541. The molecule has 30 heavy (non-hydrogen) atoms. The molecule has 0 amide bonds. The molecule has 0 aliphatic heterocycles. The normalized spacial score (nSPS) is 52.9. The van der Waals surface area contributed by atoms with Crippen molar-refractivity contribution in [1.29, 1.82) is 0 Å². The summed E-state index contributed by atoms with van der Waals surface area (Å²) in [6, 6.07) is 0. The monoisotopic (exact) mass is 412 g/mol. The lowest BCUT2D eigenvalue weighted by Gasteiger charge is -2.65. The maximum atomic E-state index is 12.5. The minimum Gasteiger partial charge on any atom is -0.481 e. The lowest BCUT2D eigenvalue weighted by molar-refractivity contribution is -0.167. The van der Waals surface area contributed by atoms with Gasteiger partial charge in [-0.2, -0.15) is 0 Å². The zero-order chi connectivity index (χ0) is 21.5. The molecule has 0 aromatic heterocycles. The first-order valence-electron chi connectivity index (χ1n) is 12.6. The van der Waals surface area contributed by atoms with Gasteiger partial charge in [0.2, 0.25) is 0 Å². The van der Waals surface area contributed by atoms with E-state index in [2.05, 4.69) is 33.8 Å². The summed E-state index contributed by atoms with van der Waals surface area (Å²) in [7, 11) is 0. The van der Waals surface area contributed by atoms with Crippen LogP contribution in [-0.4, -0.2) is 16.9 Å². The van der Waals surface area contributed by atoms with Gasteiger partial charge in [0, 0.05) is 12.3 Å². The van der Waals surface area contributed by atoms with Gasteiger partial charge >= 0.3 is 5.97 Å². The average molecular weight is 413 g/mol. The van der Waals surface area contributed by atoms with Crippen LogP contribution in [0.15, 0.2) is 11.6 Å². The molecule has 0 aromatic rings. The third-order valence-electron chi connectivity index (χ3n) is 11.4. The maximum Gasteiger partial charge on any atom is 0.310 e. The number of hydrogen-bond donors (Lipinski definition) is 1. The largest absolute Gasteiger partial charge is 0.481 e. The molecule has 0 spiro atoms. The fourth-order valence-electron chi connectivity index (χ4n) is 9.86. The molecule has 9 atom stereocenters. The van der Waals surface area contributed by atoms with E-state index in [-0.39, 0.29) is 22.7 Å². The van der Waals surface area contributed by atoms with Crippen LogP contribution in [0.25, 0.3) is 0 Å². The van der Waals surface area contributed by atoms with Crippen molar-refractivity contribution in [3.05, 3.63) is 11.6 Å². The lowest BCUT2D eigenvalue weighted by Crippen LogP contribution is -2.60. The highest BCUT2D eigenvalue weighted by molar-refractivity contribution is 5.82. The second-order valence-corrected chi connectivity index (χ2v) is 12.3. The second-order valence-electron chi connectivity index (χ2n) is 12.3. The highest BCUT2D eigenvalue weighted by Gasteiger charge is 2.64. The Morgan fingerprint density at radius 2 is 1.80 bits per heavy atom. The molecule has 0 aromatic carbocycles. The Hall–Kier alpha value is -1.12. The second kappa shape index (κ2) is 6.69. The molecule has 0 heterocycles. The third kappa shape index (κ3) is 2.50. The standard InChI is InChI=1S/C27H40O3/c1-16-6-5-12-27(24(29)30)15-10-20-18(23(16)27)7-8-22-25(3)14-11-21(28)17(2)19(25)9-13-26(20,22)4/h7,16-17,19-20,22-23H,5-6,8-15H2,1-4H3,(H,29,30). The molecular weight excluding hydrogens is 372 g/mol. The van der Waals surface area contributed by atoms with Gasteiger partial charge in [-0.15, -0.1) is 0 Å². The van der Waals surface area contributed by atoms with Crippen molar-refractivity contribution in [3.8, 4) is 0 Å². The number of carboxylic acid groups (broad SMARTS) is 1. The van der Waals surface area contributed by atoms with Crippen LogP contribution in [0.3, 0.4) is 0 Å². The first kappa shape index (κ1) is 20.8. The fraction of sp³-hybridized carbons (Fsp3) is 0.852. The molecule has 5 aliphatic rings. The van der Waals surface area contributed by atoms with E-state index in [0.717, 1.165) is 44.9 Å². The van der Waals surface area contributed by atoms with Gasteiger partial charge < -0.3 is 5.11 Å². The number of allylic oxidation sites excluding steroid dienone is 2. The Balaban J connectivity index is 1.55. The van der Waals surface area contributed by atoms with Crippen molar-refractivity contribution in [2.75, 3.05) is 0 Å². The van der Waals surface area contributed by atoms with Crippen LogP contribution in [0.5, 0.6) is 0 Å². The summed E-state index contributed by atoms with van der Waals surface area (Å²) in [6.45, 7) is 9.53. The number of rotatable bonds is 1. The van der Waals surface area contributed by atoms with Crippen molar-refractivity contribution < 1.29 is 14.7 Å². The molecule has 5 aliphatic carbocycles. The van der Waals surface area contributed by atoms with Gasteiger partial charge in [-0.25, -0.2) is 0 Å². The average Bonchev–Trinajstić information content (AvgIpc) is 2.70. The summed E-state index contributed by atoms with van der Waals surface area (Å²) in [6.07, 6.45) is 12.8. The quantitative estimate of drug-likeness (QED) is 0.516. The Labute approximate surface area is 182 Å². The number of ketones is 1. The number of carbonyl (C=O) groups excluding carboxylic acids is 1. The molecule has 9 unspecified atom stereocenters. The van der Waals surface area contributed by atoms with Crippen LogP contribution in [-0.2, 0) is 9.59 Å². The van der Waals surface area contributed by atoms with Gasteiger partial charge in [-0.1, -0.05) is 52.2 Å². The first-order valence-corrected chi connectivity index (χ1v) is 12.6. The molecule has 4 fully saturated rings. The number of Topliss-reactive ketones (excluding diaryl/α,β-unsaturated/α-hetero) is 1. The van der Waals surface area contributed by atoms with E-state index in [4.69, 9.17) is 0 Å². The summed E-state index contributed by atoms with van der Waals surface area (Å²) in [5, 5.41) is 10.3. The molecule has 166 valence electrons. The van der Waals surface area contributed by atoms with E-state index in [1.54, 1.807) is 0 Å². The Bertz CT molecular complexity index is 798. The molecule has 0 bridgehead atoms. The van der Waals surface area contributed by atoms with E-state index in [1.165, 1.54) is 24.8 Å². The molecular formula is C27H40O3. The Morgan fingerprint density at radius 3 is 2.53 bits per heavy atom. The van der Waals surface area contributed by atoms with E-state index >= 15 is 0 Å². The first-order chi connectivity index (χ1) is 14.1. The summed E-state index contributed by atoms with van der Waals surface area (Å²) >= 11 is 0. The zero-order valence-electron chi connectivity index (χ0n) is 19.4. The number of hydrogen-bond acceptors (Lipinski definition) is 2. The van der Waals surface area contributed by atoms with Crippen LogP contribution in [0.4, 0.5) is 0 Å². The van der Waals surface area contributed by atoms with E-state index in [0.29, 0.717) is 29.5 Å². The SMILES string of the molecule is CC1CCCC2(C(=O)O)CCC3C(=CCC4C3(C)CCC3C(C)C(=O)CCC34C)C12. The number of carbonyl (C=O) groups is 2. The van der Waals surface area contributed by atoms with Crippen LogP contribution in [0.2, 0.25) is 0 Å². The predicted molar refractivity (Wildman–Crippen MR) is 118 cm³/mol. The highest BCUT2D eigenvalue weighted by Crippen LogP contribution is 2.70. The van der Waals surface area contributed by atoms with E-state index in [9.17, 15) is 14.7 Å². The Kier molecular flexibility index (Phi) is 4.63. The minimum absolute atomic E-state index is 0.211. The van der Waals surface area contributed by atoms with Gasteiger partial charge in [-0.3, -0.25) is 9.59 Å². The van der Waals surface area contributed by atoms with Crippen LogP contribution in [0, 0.1) is 51.8 Å². The van der Waals surface area contributed by atoms with Crippen molar-refractivity contribution in [3.63, 3.8) is 0 Å².